The Morgan fingerprint density at radius 3 is 2.27 bits per heavy atom. The second-order valence-electron chi connectivity index (χ2n) is 2.63. The Morgan fingerprint density at radius 1 is 1.27 bits per heavy atom. The van der Waals surface area contributed by atoms with Gasteiger partial charge in [0.15, 0.2) is 0 Å². The molecule has 0 spiro atoms. The number of primary amides is 1. The first-order valence-corrected chi connectivity index (χ1v) is 4.05. The van der Waals surface area contributed by atoms with Crippen LogP contribution in [0.2, 0.25) is 0 Å². The second kappa shape index (κ2) is 10.1. The summed E-state index contributed by atoms with van der Waals surface area (Å²) in [6.45, 7) is 2.17. The van der Waals surface area contributed by atoms with E-state index in [1.165, 1.54) is 19.3 Å². The van der Waals surface area contributed by atoms with Crippen molar-refractivity contribution in [1.29, 1.82) is 0 Å². The van der Waals surface area contributed by atoms with Gasteiger partial charge < -0.3 is 7.16 Å². The average molecular weight is 151 g/mol. The van der Waals surface area contributed by atoms with Crippen LogP contribution in [0, 0.1) is 0 Å². The molecule has 0 aromatic carbocycles. The Hall–Kier alpha value is 0.0674. The monoisotopic (exact) mass is 151 g/mol. The van der Waals surface area contributed by atoms with Crippen molar-refractivity contribution < 1.29 is 25.1 Å². The van der Waals surface area contributed by atoms with Crippen molar-refractivity contribution in [2.45, 2.75) is 45.4 Å². The predicted octanol–water partition coefficient (Wildman–Crippen LogP) is -1.05. The number of amides is 1. The van der Waals surface area contributed by atoms with Gasteiger partial charge in [0.25, 0.3) is 0 Å². The summed E-state index contributed by atoms with van der Waals surface area (Å²) in [4.78, 5) is 10.3. The first-order valence-electron chi connectivity index (χ1n) is 4.05. The molecule has 0 fully saturated rings. The molecule has 62 valence electrons. The van der Waals surface area contributed by atoms with Crippen LogP contribution in [-0.4, -0.2) is 5.91 Å². The van der Waals surface area contributed by atoms with Crippen LogP contribution in [0.25, 0.3) is 0 Å². The summed E-state index contributed by atoms with van der Waals surface area (Å²) in [5.74, 6) is -0.170. The number of hydrogen-bond donors (Lipinski definition) is 1. The molecule has 0 heterocycles. The molecule has 0 rings (SSSR count). The van der Waals surface area contributed by atoms with Gasteiger partial charge in [-0.2, -0.15) is 0 Å². The van der Waals surface area contributed by atoms with Gasteiger partial charge in [0.05, 0.1) is 0 Å². The minimum absolute atomic E-state index is 0. The van der Waals surface area contributed by atoms with E-state index in [1.54, 1.807) is 0 Å². The van der Waals surface area contributed by atoms with E-state index in [0.717, 1.165) is 12.8 Å². The Balaban J connectivity index is -0.000000405. The molecule has 2 N–H and O–H groups in total. The molecule has 0 aromatic rings. The molecule has 0 saturated carbocycles. The summed E-state index contributed by atoms with van der Waals surface area (Å²) in [5.41, 5.74) is 4.97. The smallest absolute Gasteiger partial charge is 1.00 e. The number of carbonyl (C=O) groups is 1. The van der Waals surface area contributed by atoms with Crippen LogP contribution in [0.15, 0.2) is 0 Å². The van der Waals surface area contributed by atoms with E-state index in [9.17, 15) is 4.79 Å². The second-order valence-corrected chi connectivity index (χ2v) is 2.63. The fraction of sp³-hybridized carbons (Fsp3) is 0.875. The standard InChI is InChI=1S/C8H17NO.Li.H/c1-2-3-4-5-6-7-8(9)10;;/h2-7H2,1H3,(H2,9,10);;/q;+1;-1. The first kappa shape index (κ1) is 13.6. The van der Waals surface area contributed by atoms with Crippen molar-refractivity contribution >= 4 is 5.91 Å². The van der Waals surface area contributed by atoms with Crippen LogP contribution in [0.3, 0.4) is 0 Å². The molecule has 0 bridgehead atoms. The van der Waals surface area contributed by atoms with Crippen molar-refractivity contribution in [3.63, 3.8) is 0 Å². The summed E-state index contributed by atoms with van der Waals surface area (Å²) in [7, 11) is 0. The molecule has 0 aliphatic rings. The molecule has 0 saturated heterocycles. The molecule has 2 nitrogen and oxygen atoms in total. The van der Waals surface area contributed by atoms with E-state index in [0.29, 0.717) is 6.42 Å². The molecule has 0 aromatic heterocycles. The van der Waals surface area contributed by atoms with Gasteiger partial charge in [-0.3, -0.25) is 4.79 Å². The number of rotatable bonds is 6. The van der Waals surface area contributed by atoms with E-state index < -0.39 is 0 Å². The molecule has 3 heteroatoms. The van der Waals surface area contributed by atoms with Crippen LogP contribution in [0.5, 0.6) is 0 Å². The van der Waals surface area contributed by atoms with Crippen LogP contribution in [-0.2, 0) is 4.79 Å². The summed E-state index contributed by atoms with van der Waals surface area (Å²) >= 11 is 0. The van der Waals surface area contributed by atoms with Gasteiger partial charge in [0.1, 0.15) is 0 Å². The molecule has 11 heavy (non-hydrogen) atoms. The van der Waals surface area contributed by atoms with Crippen molar-refractivity contribution in [2.24, 2.45) is 5.73 Å². The van der Waals surface area contributed by atoms with E-state index in [-0.39, 0.29) is 26.2 Å². The third-order valence-electron chi connectivity index (χ3n) is 1.53. The summed E-state index contributed by atoms with van der Waals surface area (Å²) < 4.78 is 0. The molecular weight excluding hydrogens is 133 g/mol. The number of nitrogens with two attached hydrogens (primary N) is 1. The fourth-order valence-electron chi connectivity index (χ4n) is 0.903. The fourth-order valence-corrected chi connectivity index (χ4v) is 0.903. The topological polar surface area (TPSA) is 43.1 Å². The SMILES string of the molecule is CCCCCCCC(N)=O.[H-].[Li+]. The maximum absolute atomic E-state index is 10.3. The van der Waals surface area contributed by atoms with Crippen molar-refractivity contribution in [1.82, 2.24) is 0 Å². The number of carbonyl (C=O) groups excluding carboxylic acids is 1. The maximum atomic E-state index is 10.3. The molecule has 0 atom stereocenters. The van der Waals surface area contributed by atoms with Gasteiger partial charge in [0.2, 0.25) is 5.91 Å². The van der Waals surface area contributed by atoms with Gasteiger partial charge in [-0.1, -0.05) is 32.6 Å². The average Bonchev–Trinajstić information content (AvgIpc) is 1.87. The molecule has 0 aliphatic carbocycles. The first-order chi connectivity index (χ1) is 4.77. The Kier molecular flexibility index (Phi) is 12.5. The van der Waals surface area contributed by atoms with Gasteiger partial charge in [-0.15, -0.1) is 0 Å². The zero-order valence-electron chi connectivity index (χ0n) is 8.73. The molecule has 0 radical (unpaired) electrons. The van der Waals surface area contributed by atoms with E-state index in [4.69, 9.17) is 5.73 Å². The Bertz CT molecular complexity index is 101. The van der Waals surface area contributed by atoms with Crippen molar-refractivity contribution in [3.05, 3.63) is 0 Å². The predicted molar refractivity (Wildman–Crippen MR) is 43.7 cm³/mol. The summed E-state index contributed by atoms with van der Waals surface area (Å²) in [5, 5.41) is 0. The number of hydrogen-bond acceptors (Lipinski definition) is 1. The van der Waals surface area contributed by atoms with Crippen LogP contribution >= 0.6 is 0 Å². The number of unbranched alkanes of at least 4 members (excludes halogenated alkanes) is 4. The van der Waals surface area contributed by atoms with Crippen LogP contribution < -0.4 is 24.6 Å². The van der Waals surface area contributed by atoms with Gasteiger partial charge in [-0.25, -0.2) is 0 Å². The normalized spacial score (nSPS) is 8.82. The van der Waals surface area contributed by atoms with E-state index >= 15 is 0 Å². The summed E-state index contributed by atoms with van der Waals surface area (Å²) in [6.07, 6.45) is 6.44. The minimum atomic E-state index is -0.170. The maximum Gasteiger partial charge on any atom is 1.00 e. The van der Waals surface area contributed by atoms with Gasteiger partial charge >= 0.3 is 18.9 Å². The minimum Gasteiger partial charge on any atom is -1.00 e. The third-order valence-corrected chi connectivity index (χ3v) is 1.53. The zero-order chi connectivity index (χ0) is 7.82. The molecule has 0 aliphatic heterocycles. The molecule has 0 unspecified atom stereocenters. The Labute approximate surface area is 82.6 Å². The van der Waals surface area contributed by atoms with Crippen molar-refractivity contribution in [3.8, 4) is 0 Å². The quantitative estimate of drug-likeness (QED) is 0.382. The van der Waals surface area contributed by atoms with Crippen LogP contribution in [0.1, 0.15) is 46.9 Å². The van der Waals surface area contributed by atoms with E-state index in [1.807, 2.05) is 0 Å². The van der Waals surface area contributed by atoms with E-state index in [2.05, 4.69) is 6.92 Å². The van der Waals surface area contributed by atoms with Gasteiger partial charge in [0, 0.05) is 6.42 Å². The molecule has 1 amide bonds. The molecular formula is C8H18LiNO. The van der Waals surface area contributed by atoms with Gasteiger partial charge in [-0.05, 0) is 6.42 Å². The largest absolute Gasteiger partial charge is 1.00 e. The van der Waals surface area contributed by atoms with Crippen molar-refractivity contribution in [2.75, 3.05) is 0 Å². The zero-order valence-corrected chi connectivity index (χ0v) is 7.73. The Morgan fingerprint density at radius 2 is 1.82 bits per heavy atom. The van der Waals surface area contributed by atoms with Crippen LogP contribution in [0.4, 0.5) is 0 Å². The summed E-state index contributed by atoms with van der Waals surface area (Å²) in [6, 6.07) is 0. The third kappa shape index (κ3) is 13.1.